The lowest BCUT2D eigenvalue weighted by molar-refractivity contribution is -0.120. The van der Waals surface area contributed by atoms with Crippen molar-refractivity contribution in [2.24, 2.45) is 0 Å². The first-order chi connectivity index (χ1) is 12.1. The van der Waals surface area contributed by atoms with Crippen LogP contribution in [0, 0.1) is 0 Å². The molecule has 7 heteroatoms. The highest BCUT2D eigenvalue weighted by Gasteiger charge is 2.15. The molecule has 0 aliphatic rings. The first kappa shape index (κ1) is 16.9. The molecule has 1 amide bonds. The van der Waals surface area contributed by atoms with Crippen molar-refractivity contribution in [1.82, 2.24) is 25.3 Å². The number of anilines is 1. The number of aryl methyl sites for hydroxylation is 1. The maximum atomic E-state index is 12.4. The van der Waals surface area contributed by atoms with Crippen LogP contribution in [0.15, 0.2) is 36.9 Å². The molecule has 3 rings (SSSR count). The molecule has 0 radical (unpaired) electrons. The van der Waals surface area contributed by atoms with Gasteiger partial charge >= 0.3 is 0 Å². The van der Waals surface area contributed by atoms with Crippen LogP contribution in [-0.4, -0.2) is 39.4 Å². The molecule has 0 saturated heterocycles. The number of aromatic amines is 1. The number of imidazole rings is 1. The Bertz CT molecular complexity index is 857. The number of carbonyl (C=O) groups excluding carboxylic acids is 1. The topological polar surface area (TPSA) is 86.8 Å². The number of fused-ring (bicyclic) bond motifs is 1. The Hall–Kier alpha value is -2.96. The molecular formula is C18H22N6O. The normalized spacial score (nSPS) is 12.1. The molecule has 0 fully saturated rings. The second kappa shape index (κ2) is 7.29. The van der Waals surface area contributed by atoms with Gasteiger partial charge in [-0.1, -0.05) is 31.2 Å². The van der Waals surface area contributed by atoms with E-state index in [0.717, 1.165) is 17.5 Å². The highest BCUT2D eigenvalue weighted by molar-refractivity contribution is 5.87. The van der Waals surface area contributed by atoms with Gasteiger partial charge in [0.2, 0.25) is 5.91 Å². The third kappa shape index (κ3) is 3.76. The minimum absolute atomic E-state index is 0.0515. The summed E-state index contributed by atoms with van der Waals surface area (Å²) in [5.41, 5.74) is 3.68. The van der Waals surface area contributed by atoms with Crippen molar-refractivity contribution in [3.63, 3.8) is 0 Å². The summed E-state index contributed by atoms with van der Waals surface area (Å²) in [4.78, 5) is 29.6. The van der Waals surface area contributed by atoms with Crippen molar-refractivity contribution in [1.29, 1.82) is 0 Å². The van der Waals surface area contributed by atoms with Crippen molar-refractivity contribution < 1.29 is 4.79 Å². The molecule has 1 atom stereocenters. The number of hydrogen-bond donors (Lipinski definition) is 2. The summed E-state index contributed by atoms with van der Waals surface area (Å²) < 4.78 is 0. The maximum absolute atomic E-state index is 12.4. The van der Waals surface area contributed by atoms with E-state index < -0.39 is 0 Å². The van der Waals surface area contributed by atoms with Gasteiger partial charge in [0.15, 0.2) is 11.5 Å². The highest BCUT2D eigenvalue weighted by Crippen LogP contribution is 2.18. The van der Waals surface area contributed by atoms with Crippen LogP contribution in [0.3, 0.4) is 0 Å². The minimum Gasteiger partial charge on any atom is -0.348 e. The van der Waals surface area contributed by atoms with E-state index in [4.69, 9.17) is 0 Å². The predicted molar refractivity (Wildman–Crippen MR) is 97.3 cm³/mol. The van der Waals surface area contributed by atoms with E-state index in [1.165, 1.54) is 11.9 Å². The van der Waals surface area contributed by atoms with Gasteiger partial charge in [0.25, 0.3) is 0 Å². The molecule has 130 valence electrons. The second-order valence-corrected chi connectivity index (χ2v) is 6.04. The summed E-state index contributed by atoms with van der Waals surface area (Å²) in [6.45, 7) is 4.30. The van der Waals surface area contributed by atoms with E-state index in [9.17, 15) is 4.79 Å². The summed E-state index contributed by atoms with van der Waals surface area (Å²) in [6.07, 6.45) is 4.02. The van der Waals surface area contributed by atoms with E-state index in [1.54, 1.807) is 11.2 Å². The van der Waals surface area contributed by atoms with Gasteiger partial charge in [-0.05, 0) is 24.5 Å². The maximum Gasteiger partial charge on any atom is 0.240 e. The van der Waals surface area contributed by atoms with Crippen molar-refractivity contribution in [2.45, 2.75) is 26.3 Å². The van der Waals surface area contributed by atoms with Crippen LogP contribution < -0.4 is 10.2 Å². The highest BCUT2D eigenvalue weighted by atomic mass is 16.2. The molecular weight excluding hydrogens is 316 g/mol. The Morgan fingerprint density at radius 1 is 1.24 bits per heavy atom. The number of rotatable bonds is 6. The summed E-state index contributed by atoms with van der Waals surface area (Å²) in [5.74, 6) is 0.582. The summed E-state index contributed by atoms with van der Waals surface area (Å²) in [6, 6.07) is 8.27. The Morgan fingerprint density at radius 3 is 2.72 bits per heavy atom. The number of likely N-dealkylation sites (N-methyl/N-ethyl adjacent to an activating group) is 1. The van der Waals surface area contributed by atoms with Gasteiger partial charge in [-0.25, -0.2) is 15.0 Å². The molecule has 0 bridgehead atoms. The molecule has 1 aromatic carbocycles. The smallest absolute Gasteiger partial charge is 0.240 e. The van der Waals surface area contributed by atoms with E-state index in [-0.39, 0.29) is 18.5 Å². The lowest BCUT2D eigenvalue weighted by Gasteiger charge is -2.20. The molecule has 2 N–H and O–H groups in total. The molecule has 0 aliphatic heterocycles. The molecule has 0 unspecified atom stereocenters. The lowest BCUT2D eigenvalue weighted by atomic mass is 10.1. The fourth-order valence-corrected chi connectivity index (χ4v) is 2.74. The van der Waals surface area contributed by atoms with Gasteiger partial charge in [0, 0.05) is 7.05 Å². The number of H-pyrrole nitrogens is 1. The van der Waals surface area contributed by atoms with Crippen LogP contribution in [0.25, 0.3) is 11.2 Å². The van der Waals surface area contributed by atoms with Crippen LogP contribution in [0.5, 0.6) is 0 Å². The Balaban J connectivity index is 1.64. The summed E-state index contributed by atoms with van der Waals surface area (Å²) in [7, 11) is 1.82. The standard InChI is InChI=1S/C18H22N6O/c1-4-13-5-7-14(8-6-13)12(2)23-15(25)9-24(3)18-16-17(20-10-19-16)21-11-22-18/h5-8,10-12H,4,9H2,1-3H3,(H,23,25)(H,19,20,21,22)/t12-/m1/s1. The van der Waals surface area contributed by atoms with Gasteiger partial charge in [-0.3, -0.25) is 4.79 Å². The number of hydrogen-bond acceptors (Lipinski definition) is 5. The van der Waals surface area contributed by atoms with Crippen LogP contribution in [0.4, 0.5) is 5.82 Å². The quantitative estimate of drug-likeness (QED) is 0.720. The number of benzene rings is 1. The molecule has 2 aromatic heterocycles. The zero-order chi connectivity index (χ0) is 17.8. The molecule has 2 heterocycles. The van der Waals surface area contributed by atoms with Crippen LogP contribution >= 0.6 is 0 Å². The molecule has 0 aliphatic carbocycles. The van der Waals surface area contributed by atoms with Crippen molar-refractivity contribution in [3.05, 3.63) is 48.0 Å². The fraction of sp³-hybridized carbons (Fsp3) is 0.333. The van der Waals surface area contributed by atoms with Gasteiger partial charge in [0.05, 0.1) is 18.9 Å². The van der Waals surface area contributed by atoms with Crippen molar-refractivity contribution in [2.75, 3.05) is 18.5 Å². The van der Waals surface area contributed by atoms with Crippen LogP contribution in [0.1, 0.15) is 31.0 Å². The number of nitrogens with zero attached hydrogens (tertiary/aromatic N) is 4. The molecule has 0 saturated carbocycles. The summed E-state index contributed by atoms with van der Waals surface area (Å²) >= 11 is 0. The fourth-order valence-electron chi connectivity index (χ4n) is 2.74. The van der Waals surface area contributed by atoms with Crippen molar-refractivity contribution >= 4 is 22.9 Å². The molecule has 25 heavy (non-hydrogen) atoms. The number of nitrogens with one attached hydrogen (secondary N) is 2. The first-order valence-corrected chi connectivity index (χ1v) is 8.32. The van der Waals surface area contributed by atoms with Crippen LogP contribution in [0.2, 0.25) is 0 Å². The van der Waals surface area contributed by atoms with Gasteiger partial charge < -0.3 is 15.2 Å². The Morgan fingerprint density at radius 2 is 2.00 bits per heavy atom. The molecule has 3 aromatic rings. The third-order valence-corrected chi connectivity index (χ3v) is 4.21. The van der Waals surface area contributed by atoms with E-state index in [2.05, 4.69) is 56.4 Å². The zero-order valence-electron chi connectivity index (χ0n) is 14.7. The zero-order valence-corrected chi connectivity index (χ0v) is 14.7. The Labute approximate surface area is 146 Å². The minimum atomic E-state index is -0.0687. The predicted octanol–water partition coefficient (Wildman–Crippen LogP) is 2.23. The van der Waals surface area contributed by atoms with Crippen LogP contribution in [-0.2, 0) is 11.2 Å². The third-order valence-electron chi connectivity index (χ3n) is 4.21. The Kier molecular flexibility index (Phi) is 4.92. The number of aromatic nitrogens is 4. The first-order valence-electron chi connectivity index (χ1n) is 8.32. The monoisotopic (exact) mass is 338 g/mol. The average Bonchev–Trinajstić information content (AvgIpc) is 3.10. The summed E-state index contributed by atoms with van der Waals surface area (Å²) in [5, 5.41) is 3.03. The van der Waals surface area contributed by atoms with E-state index in [1.807, 2.05) is 14.0 Å². The number of amides is 1. The van der Waals surface area contributed by atoms with Gasteiger partial charge in [-0.15, -0.1) is 0 Å². The van der Waals surface area contributed by atoms with Gasteiger partial charge in [-0.2, -0.15) is 0 Å². The van der Waals surface area contributed by atoms with E-state index >= 15 is 0 Å². The SMILES string of the molecule is CCc1ccc([C@@H](C)NC(=O)CN(C)c2ncnc3nc[nH]c23)cc1. The molecule has 0 spiro atoms. The largest absolute Gasteiger partial charge is 0.348 e. The average molecular weight is 338 g/mol. The van der Waals surface area contributed by atoms with Crippen molar-refractivity contribution in [3.8, 4) is 0 Å². The lowest BCUT2D eigenvalue weighted by Crippen LogP contribution is -2.37. The van der Waals surface area contributed by atoms with Gasteiger partial charge in [0.1, 0.15) is 11.8 Å². The molecule has 7 nitrogen and oxygen atoms in total. The second-order valence-electron chi connectivity index (χ2n) is 6.04. The van der Waals surface area contributed by atoms with E-state index in [0.29, 0.717) is 11.5 Å². The number of carbonyl (C=O) groups is 1.